The minimum Gasteiger partial charge on any atom is -0.395 e. The molecule has 0 spiro atoms. The van der Waals surface area contributed by atoms with Crippen LogP contribution in [0.15, 0.2) is 18.2 Å². The van der Waals surface area contributed by atoms with Crippen LogP contribution in [0.4, 0.5) is 4.39 Å². The maximum atomic E-state index is 13.3. The van der Waals surface area contributed by atoms with Crippen molar-refractivity contribution in [2.45, 2.75) is 25.3 Å². The first-order valence-corrected chi connectivity index (χ1v) is 6.98. The predicted molar refractivity (Wildman–Crippen MR) is 76.3 cm³/mol. The van der Waals surface area contributed by atoms with Gasteiger partial charge in [0.15, 0.2) is 0 Å². The van der Waals surface area contributed by atoms with E-state index in [1.54, 1.807) is 0 Å². The third kappa shape index (κ3) is 4.55. The molecule has 1 saturated heterocycles. The van der Waals surface area contributed by atoms with Crippen LogP contribution in [0, 0.1) is 17.7 Å². The van der Waals surface area contributed by atoms with Gasteiger partial charge < -0.3 is 15.2 Å². The number of aliphatic hydroxyl groups is 1. The normalized spacial score (nSPS) is 17.7. The van der Waals surface area contributed by atoms with Gasteiger partial charge >= 0.3 is 0 Å². The van der Waals surface area contributed by atoms with Crippen LogP contribution in [-0.4, -0.2) is 36.9 Å². The number of rotatable bonds is 3. The Morgan fingerprint density at radius 1 is 1.52 bits per heavy atom. The van der Waals surface area contributed by atoms with Crippen molar-refractivity contribution in [3.63, 3.8) is 0 Å². The summed E-state index contributed by atoms with van der Waals surface area (Å²) < 4.78 is 18.6. The third-order valence-corrected chi connectivity index (χ3v) is 3.18. The Hall–Kier alpha value is -1.90. The Bertz CT molecular complexity index is 556. The van der Waals surface area contributed by atoms with Crippen LogP contribution in [0.1, 0.15) is 35.2 Å². The topological polar surface area (TPSA) is 58.6 Å². The van der Waals surface area contributed by atoms with Crippen LogP contribution in [0.5, 0.6) is 0 Å². The Kier molecular flexibility index (Phi) is 5.73. The van der Waals surface area contributed by atoms with Gasteiger partial charge in [-0.3, -0.25) is 4.79 Å². The van der Waals surface area contributed by atoms with Crippen molar-refractivity contribution >= 4 is 5.91 Å². The number of aliphatic hydroxyl groups excluding tert-OH is 1. The zero-order chi connectivity index (χ0) is 15.1. The summed E-state index contributed by atoms with van der Waals surface area (Å²) >= 11 is 0. The predicted octanol–water partition coefficient (Wildman–Crippen LogP) is 1.47. The molecule has 1 atom stereocenters. The number of nitrogens with one attached hydrogen (secondary N) is 1. The molecule has 0 aliphatic carbocycles. The fraction of sp³-hybridized carbons (Fsp3) is 0.438. The second-order valence-corrected chi connectivity index (χ2v) is 4.85. The lowest BCUT2D eigenvalue weighted by molar-refractivity contribution is 0.0624. The van der Waals surface area contributed by atoms with Crippen LogP contribution in [0.3, 0.4) is 0 Å². The molecule has 1 fully saturated rings. The number of carbonyl (C=O) groups excluding carboxylic acids is 1. The molecule has 0 aromatic heterocycles. The van der Waals surface area contributed by atoms with Gasteiger partial charge in [0.05, 0.1) is 24.8 Å². The number of amides is 1. The van der Waals surface area contributed by atoms with Crippen molar-refractivity contribution in [2.24, 2.45) is 0 Å². The molecule has 0 bridgehead atoms. The molecule has 1 aromatic rings. The molecule has 1 amide bonds. The van der Waals surface area contributed by atoms with Crippen molar-refractivity contribution in [3.05, 3.63) is 35.1 Å². The minimum absolute atomic E-state index is 0.0189. The number of benzene rings is 1. The largest absolute Gasteiger partial charge is 0.395 e. The summed E-state index contributed by atoms with van der Waals surface area (Å²) in [5.41, 5.74) is 0.671. The maximum absolute atomic E-state index is 13.3. The molecule has 1 unspecified atom stereocenters. The second-order valence-electron chi connectivity index (χ2n) is 4.85. The van der Waals surface area contributed by atoms with Crippen molar-refractivity contribution < 1.29 is 19.0 Å². The van der Waals surface area contributed by atoms with Crippen molar-refractivity contribution in [3.8, 4) is 11.8 Å². The zero-order valence-electron chi connectivity index (χ0n) is 11.7. The maximum Gasteiger partial charge on any atom is 0.252 e. The summed E-state index contributed by atoms with van der Waals surface area (Å²) in [7, 11) is 0. The van der Waals surface area contributed by atoms with E-state index in [9.17, 15) is 9.18 Å². The number of ether oxygens (including phenoxy) is 1. The van der Waals surface area contributed by atoms with Gasteiger partial charge in [-0.15, -0.1) is 0 Å². The van der Waals surface area contributed by atoms with Gasteiger partial charge in [0, 0.05) is 18.6 Å². The quantitative estimate of drug-likeness (QED) is 0.829. The van der Waals surface area contributed by atoms with Crippen LogP contribution >= 0.6 is 0 Å². The smallest absolute Gasteiger partial charge is 0.252 e. The molecule has 1 aliphatic heterocycles. The van der Waals surface area contributed by atoms with Gasteiger partial charge in [-0.2, -0.15) is 0 Å². The van der Waals surface area contributed by atoms with Crippen LogP contribution in [0.2, 0.25) is 0 Å². The van der Waals surface area contributed by atoms with Gasteiger partial charge in [-0.1, -0.05) is 11.8 Å². The average Bonchev–Trinajstić information content (AvgIpc) is 2.48. The summed E-state index contributed by atoms with van der Waals surface area (Å²) in [6.07, 6.45) is 2.07. The van der Waals surface area contributed by atoms with Crippen molar-refractivity contribution in [1.29, 1.82) is 0 Å². The van der Waals surface area contributed by atoms with E-state index in [-0.39, 0.29) is 25.0 Å². The lowest BCUT2D eigenvalue weighted by Gasteiger charge is -2.23. The molecule has 2 rings (SSSR count). The van der Waals surface area contributed by atoms with Crippen LogP contribution in [0.25, 0.3) is 0 Å². The van der Waals surface area contributed by atoms with E-state index >= 15 is 0 Å². The number of carbonyl (C=O) groups is 1. The molecule has 4 nitrogen and oxygen atoms in total. The number of halogens is 1. The molecule has 5 heteroatoms. The minimum atomic E-state index is -0.444. The lowest BCUT2D eigenvalue weighted by atomic mass is 10.0. The molecule has 1 aliphatic rings. The van der Waals surface area contributed by atoms with Gasteiger partial charge in [-0.05, 0) is 31.0 Å². The Morgan fingerprint density at radius 3 is 3.10 bits per heavy atom. The Balaban J connectivity index is 2.13. The van der Waals surface area contributed by atoms with Crippen LogP contribution in [-0.2, 0) is 4.74 Å². The van der Waals surface area contributed by atoms with Gasteiger partial charge in [-0.25, -0.2) is 4.39 Å². The van der Waals surface area contributed by atoms with Crippen molar-refractivity contribution in [2.75, 3.05) is 19.8 Å². The first-order valence-electron chi connectivity index (χ1n) is 6.98. The highest BCUT2D eigenvalue weighted by Gasteiger charge is 2.18. The van der Waals surface area contributed by atoms with E-state index in [1.165, 1.54) is 18.2 Å². The Morgan fingerprint density at radius 2 is 2.38 bits per heavy atom. The molecule has 1 heterocycles. The summed E-state index contributed by atoms with van der Waals surface area (Å²) in [4.78, 5) is 12.3. The molecule has 0 saturated carbocycles. The number of hydrogen-bond donors (Lipinski definition) is 2. The highest BCUT2D eigenvalue weighted by atomic mass is 19.1. The molecule has 112 valence electrons. The first-order chi connectivity index (χ1) is 10.2. The lowest BCUT2D eigenvalue weighted by Crippen LogP contribution is -2.40. The molecule has 0 radical (unpaired) electrons. The summed E-state index contributed by atoms with van der Waals surface area (Å²) in [5, 5.41) is 11.6. The van der Waals surface area contributed by atoms with E-state index in [0.717, 1.165) is 19.4 Å². The first kappa shape index (κ1) is 15.5. The summed E-state index contributed by atoms with van der Waals surface area (Å²) in [5.74, 6) is 4.71. The standard InChI is InChI=1S/C16H18FNO3/c17-13-6-7-15(12(10-13)4-1-2-8-19)16(20)18-14-5-3-9-21-11-14/h6-7,10,14,19H,2-3,5,8-9,11H2,(H,18,20). The fourth-order valence-electron chi connectivity index (χ4n) is 2.15. The molecule has 1 aromatic carbocycles. The summed E-state index contributed by atoms with van der Waals surface area (Å²) in [6.45, 7) is 1.16. The second kappa shape index (κ2) is 7.77. The van der Waals surface area contributed by atoms with Crippen LogP contribution < -0.4 is 5.32 Å². The van der Waals surface area contributed by atoms with E-state index in [4.69, 9.17) is 9.84 Å². The molecular formula is C16H18FNO3. The zero-order valence-corrected chi connectivity index (χ0v) is 11.7. The van der Waals surface area contributed by atoms with E-state index in [0.29, 0.717) is 17.7 Å². The van der Waals surface area contributed by atoms with Gasteiger partial charge in [0.2, 0.25) is 0 Å². The SMILES string of the molecule is O=C(NC1CCCOC1)c1ccc(F)cc1C#CCCO. The average molecular weight is 291 g/mol. The summed E-state index contributed by atoms with van der Waals surface area (Å²) in [6, 6.07) is 3.88. The third-order valence-electron chi connectivity index (χ3n) is 3.18. The van der Waals surface area contributed by atoms with Gasteiger partial charge in [0.25, 0.3) is 5.91 Å². The molecular weight excluding hydrogens is 273 g/mol. The fourth-order valence-corrected chi connectivity index (χ4v) is 2.15. The Labute approximate surface area is 123 Å². The van der Waals surface area contributed by atoms with E-state index in [2.05, 4.69) is 17.2 Å². The molecule has 2 N–H and O–H groups in total. The van der Waals surface area contributed by atoms with E-state index < -0.39 is 5.82 Å². The van der Waals surface area contributed by atoms with E-state index in [1.807, 2.05) is 0 Å². The highest BCUT2D eigenvalue weighted by Crippen LogP contribution is 2.12. The highest BCUT2D eigenvalue weighted by molar-refractivity contribution is 5.96. The van der Waals surface area contributed by atoms with Gasteiger partial charge in [0.1, 0.15) is 5.82 Å². The number of hydrogen-bond acceptors (Lipinski definition) is 3. The monoisotopic (exact) mass is 291 g/mol. The van der Waals surface area contributed by atoms with Crippen molar-refractivity contribution in [1.82, 2.24) is 5.32 Å². The molecule has 21 heavy (non-hydrogen) atoms.